The first-order chi connectivity index (χ1) is 5.09. The van der Waals surface area contributed by atoms with Crippen LogP contribution in [0.25, 0.3) is 0 Å². The van der Waals surface area contributed by atoms with Crippen LogP contribution in [0.15, 0.2) is 0 Å². The fourth-order valence-electron chi connectivity index (χ4n) is 1.48. The molecule has 0 amide bonds. The Morgan fingerprint density at radius 1 is 1.45 bits per heavy atom. The lowest BCUT2D eigenvalue weighted by molar-refractivity contribution is -0.153. The predicted octanol–water partition coefficient (Wildman–Crippen LogP) is 1.98. The minimum atomic E-state index is -0.141. The van der Waals surface area contributed by atoms with E-state index in [1.54, 1.807) is 0 Å². The van der Waals surface area contributed by atoms with Gasteiger partial charge in [-0.15, -0.1) is 0 Å². The van der Waals surface area contributed by atoms with E-state index in [1.807, 2.05) is 0 Å². The minimum absolute atomic E-state index is 0.141. The number of esters is 1. The first-order valence-electron chi connectivity index (χ1n) is 4.26. The van der Waals surface area contributed by atoms with Gasteiger partial charge in [0.05, 0.1) is 0 Å². The number of hydrogen-bond acceptors (Lipinski definition) is 2. The average Bonchev–Trinajstić information content (AvgIpc) is 1.75. The zero-order valence-electron chi connectivity index (χ0n) is 7.46. The van der Waals surface area contributed by atoms with Crippen LogP contribution in [-0.2, 0) is 9.53 Å². The topological polar surface area (TPSA) is 26.3 Å². The first kappa shape index (κ1) is 8.57. The van der Waals surface area contributed by atoms with Gasteiger partial charge < -0.3 is 4.74 Å². The summed E-state index contributed by atoms with van der Waals surface area (Å²) in [6.45, 7) is 5.91. The molecule has 1 saturated carbocycles. The molecule has 0 aromatic heterocycles. The highest BCUT2D eigenvalue weighted by molar-refractivity contribution is 5.66. The molecule has 1 fully saturated rings. The third-order valence-electron chi connectivity index (χ3n) is 2.41. The van der Waals surface area contributed by atoms with Gasteiger partial charge in [-0.2, -0.15) is 0 Å². The van der Waals surface area contributed by atoms with E-state index in [0.717, 1.165) is 24.7 Å². The van der Waals surface area contributed by atoms with Gasteiger partial charge in [-0.1, -0.05) is 13.8 Å². The summed E-state index contributed by atoms with van der Waals surface area (Å²) >= 11 is 0. The molecule has 1 rings (SSSR count). The summed E-state index contributed by atoms with van der Waals surface area (Å²) in [5.41, 5.74) is 0. The SMILES string of the molecule is CC(=O)OC1CC(C(C)C)C1. The Kier molecular flexibility index (Phi) is 2.53. The van der Waals surface area contributed by atoms with E-state index >= 15 is 0 Å². The van der Waals surface area contributed by atoms with E-state index in [0.29, 0.717) is 0 Å². The van der Waals surface area contributed by atoms with E-state index in [4.69, 9.17) is 4.74 Å². The van der Waals surface area contributed by atoms with Gasteiger partial charge in [0.1, 0.15) is 6.10 Å². The maximum atomic E-state index is 10.5. The Balaban J connectivity index is 2.14. The van der Waals surface area contributed by atoms with Crippen LogP contribution in [0, 0.1) is 11.8 Å². The molecule has 0 unspecified atom stereocenters. The van der Waals surface area contributed by atoms with Gasteiger partial charge in [0, 0.05) is 6.92 Å². The highest BCUT2D eigenvalue weighted by Crippen LogP contribution is 2.35. The van der Waals surface area contributed by atoms with E-state index < -0.39 is 0 Å². The molecule has 0 atom stereocenters. The highest BCUT2D eigenvalue weighted by atomic mass is 16.5. The Bertz CT molecular complexity index is 146. The standard InChI is InChI=1S/C9H16O2/c1-6(2)8-4-9(5-8)11-7(3)10/h6,8-9H,4-5H2,1-3H3. The summed E-state index contributed by atoms with van der Waals surface area (Å²) in [6.07, 6.45) is 2.36. The lowest BCUT2D eigenvalue weighted by atomic mass is 9.75. The first-order valence-corrected chi connectivity index (χ1v) is 4.26. The van der Waals surface area contributed by atoms with Crippen molar-refractivity contribution in [1.29, 1.82) is 0 Å². The van der Waals surface area contributed by atoms with Crippen molar-refractivity contribution in [1.82, 2.24) is 0 Å². The summed E-state index contributed by atoms with van der Waals surface area (Å²) in [5, 5.41) is 0. The van der Waals surface area contributed by atoms with Crippen LogP contribution in [0.5, 0.6) is 0 Å². The number of hydrogen-bond donors (Lipinski definition) is 0. The van der Waals surface area contributed by atoms with Gasteiger partial charge >= 0.3 is 5.97 Å². The molecule has 11 heavy (non-hydrogen) atoms. The number of carbonyl (C=O) groups is 1. The molecule has 0 heterocycles. The summed E-state index contributed by atoms with van der Waals surface area (Å²) in [4.78, 5) is 10.5. The number of carbonyl (C=O) groups excluding carboxylic acids is 1. The van der Waals surface area contributed by atoms with Crippen molar-refractivity contribution in [3.05, 3.63) is 0 Å². The Labute approximate surface area is 67.9 Å². The van der Waals surface area contributed by atoms with Gasteiger partial charge in [-0.3, -0.25) is 4.79 Å². The second kappa shape index (κ2) is 3.24. The fourth-order valence-corrected chi connectivity index (χ4v) is 1.48. The Hall–Kier alpha value is -0.530. The second-order valence-electron chi connectivity index (χ2n) is 3.71. The summed E-state index contributed by atoms with van der Waals surface area (Å²) in [5.74, 6) is 1.37. The second-order valence-corrected chi connectivity index (χ2v) is 3.71. The predicted molar refractivity (Wildman–Crippen MR) is 43.1 cm³/mol. The molecule has 0 saturated heterocycles. The summed E-state index contributed by atoms with van der Waals surface area (Å²) in [6, 6.07) is 0. The molecule has 2 heteroatoms. The molecule has 0 bridgehead atoms. The molecule has 0 N–H and O–H groups in total. The van der Waals surface area contributed by atoms with Crippen molar-refractivity contribution < 1.29 is 9.53 Å². The van der Waals surface area contributed by atoms with Crippen molar-refractivity contribution in [3.8, 4) is 0 Å². The lowest BCUT2D eigenvalue weighted by Crippen LogP contribution is -2.35. The smallest absolute Gasteiger partial charge is 0.302 e. The summed E-state index contributed by atoms with van der Waals surface area (Å²) < 4.78 is 5.03. The third-order valence-corrected chi connectivity index (χ3v) is 2.41. The van der Waals surface area contributed by atoms with E-state index in [9.17, 15) is 4.79 Å². The minimum Gasteiger partial charge on any atom is -0.463 e. The van der Waals surface area contributed by atoms with Crippen molar-refractivity contribution >= 4 is 5.97 Å². The highest BCUT2D eigenvalue weighted by Gasteiger charge is 2.33. The molecule has 0 aliphatic heterocycles. The van der Waals surface area contributed by atoms with Crippen LogP contribution in [0.1, 0.15) is 33.6 Å². The number of ether oxygens (including phenoxy) is 1. The van der Waals surface area contributed by atoms with Gasteiger partial charge in [0.25, 0.3) is 0 Å². The van der Waals surface area contributed by atoms with Crippen LogP contribution >= 0.6 is 0 Å². The molecular formula is C9H16O2. The molecule has 0 aromatic carbocycles. The van der Waals surface area contributed by atoms with E-state index in [2.05, 4.69) is 13.8 Å². The summed E-state index contributed by atoms with van der Waals surface area (Å²) in [7, 11) is 0. The molecule has 64 valence electrons. The molecule has 2 nitrogen and oxygen atoms in total. The van der Waals surface area contributed by atoms with Crippen LogP contribution in [0.2, 0.25) is 0 Å². The molecular weight excluding hydrogens is 140 g/mol. The number of rotatable bonds is 2. The lowest BCUT2D eigenvalue weighted by Gasteiger charge is -2.36. The molecule has 1 aliphatic rings. The normalized spacial score (nSPS) is 29.8. The van der Waals surface area contributed by atoms with Gasteiger partial charge in [0.15, 0.2) is 0 Å². The molecule has 1 aliphatic carbocycles. The fraction of sp³-hybridized carbons (Fsp3) is 0.889. The molecule has 0 radical (unpaired) electrons. The molecule has 0 spiro atoms. The maximum Gasteiger partial charge on any atom is 0.302 e. The van der Waals surface area contributed by atoms with E-state index in [1.165, 1.54) is 6.92 Å². The zero-order valence-corrected chi connectivity index (χ0v) is 7.46. The zero-order chi connectivity index (χ0) is 8.43. The van der Waals surface area contributed by atoms with Gasteiger partial charge in [0.2, 0.25) is 0 Å². The van der Waals surface area contributed by atoms with Crippen molar-refractivity contribution in [2.24, 2.45) is 11.8 Å². The van der Waals surface area contributed by atoms with Crippen molar-refractivity contribution in [2.75, 3.05) is 0 Å². The Morgan fingerprint density at radius 3 is 2.36 bits per heavy atom. The van der Waals surface area contributed by atoms with Gasteiger partial charge in [-0.25, -0.2) is 0 Å². The van der Waals surface area contributed by atoms with Crippen LogP contribution < -0.4 is 0 Å². The Morgan fingerprint density at radius 2 is 2.00 bits per heavy atom. The van der Waals surface area contributed by atoms with Gasteiger partial charge in [-0.05, 0) is 24.7 Å². The maximum absolute atomic E-state index is 10.5. The quantitative estimate of drug-likeness (QED) is 0.571. The van der Waals surface area contributed by atoms with Crippen LogP contribution in [0.3, 0.4) is 0 Å². The van der Waals surface area contributed by atoms with Crippen molar-refractivity contribution in [2.45, 2.75) is 39.7 Å². The van der Waals surface area contributed by atoms with Crippen LogP contribution in [-0.4, -0.2) is 12.1 Å². The van der Waals surface area contributed by atoms with Crippen molar-refractivity contribution in [3.63, 3.8) is 0 Å². The van der Waals surface area contributed by atoms with E-state index in [-0.39, 0.29) is 12.1 Å². The van der Waals surface area contributed by atoms with Crippen LogP contribution in [0.4, 0.5) is 0 Å². The molecule has 0 aromatic rings. The third kappa shape index (κ3) is 2.21. The largest absolute Gasteiger partial charge is 0.463 e. The monoisotopic (exact) mass is 156 g/mol. The average molecular weight is 156 g/mol.